The van der Waals surface area contributed by atoms with Crippen LogP contribution in [0.1, 0.15) is 24.3 Å². The molecule has 1 amide bonds. The number of carbonyl (C=O) groups excluding carboxylic acids is 1. The summed E-state index contributed by atoms with van der Waals surface area (Å²) in [4.78, 5) is 14.7. The normalized spacial score (nSPS) is 19.2. The summed E-state index contributed by atoms with van der Waals surface area (Å²) in [6.45, 7) is 5.27. The summed E-state index contributed by atoms with van der Waals surface area (Å²) in [6.07, 6.45) is -0.214. The summed E-state index contributed by atoms with van der Waals surface area (Å²) in [5, 5.41) is 4.25. The monoisotopic (exact) mass is 359 g/mol. The third-order valence-corrected chi connectivity index (χ3v) is 4.21. The SMILES string of the molecule is COc1cc(C(=O)N2C[C@@H](COc3ccccc3)OC(C)(C)C2)nn1C. The quantitative estimate of drug-likeness (QED) is 0.818. The number of aromatic nitrogens is 2. The molecular weight excluding hydrogens is 334 g/mol. The van der Waals surface area contributed by atoms with E-state index in [-0.39, 0.29) is 12.0 Å². The van der Waals surface area contributed by atoms with Crippen molar-refractivity contribution in [3.8, 4) is 11.6 Å². The first-order chi connectivity index (χ1) is 12.4. The van der Waals surface area contributed by atoms with Crippen molar-refractivity contribution in [1.82, 2.24) is 14.7 Å². The number of ether oxygens (including phenoxy) is 3. The lowest BCUT2D eigenvalue weighted by atomic mass is 10.0. The van der Waals surface area contributed by atoms with Crippen LogP contribution in [0.3, 0.4) is 0 Å². The molecule has 1 aliphatic heterocycles. The summed E-state index contributed by atoms with van der Waals surface area (Å²) in [5.41, 5.74) is -0.0953. The van der Waals surface area contributed by atoms with Crippen molar-refractivity contribution in [3.63, 3.8) is 0 Å². The van der Waals surface area contributed by atoms with Crippen LogP contribution < -0.4 is 9.47 Å². The zero-order chi connectivity index (χ0) is 18.7. The van der Waals surface area contributed by atoms with Gasteiger partial charge in [0.2, 0.25) is 5.88 Å². The number of para-hydroxylation sites is 1. The first kappa shape index (κ1) is 18.3. The van der Waals surface area contributed by atoms with Gasteiger partial charge in [-0.15, -0.1) is 0 Å². The molecular formula is C19H25N3O4. The molecule has 2 heterocycles. The van der Waals surface area contributed by atoms with Crippen molar-refractivity contribution in [2.24, 2.45) is 7.05 Å². The average Bonchev–Trinajstić information content (AvgIpc) is 2.99. The van der Waals surface area contributed by atoms with Crippen molar-refractivity contribution < 1.29 is 19.0 Å². The van der Waals surface area contributed by atoms with Crippen molar-refractivity contribution in [3.05, 3.63) is 42.1 Å². The number of rotatable bonds is 5. The number of hydrogen-bond acceptors (Lipinski definition) is 5. The maximum atomic E-state index is 12.9. The number of amides is 1. The Balaban J connectivity index is 1.69. The molecule has 3 rings (SSSR count). The van der Waals surface area contributed by atoms with E-state index >= 15 is 0 Å². The average molecular weight is 359 g/mol. The van der Waals surface area contributed by atoms with Crippen LogP contribution in [-0.4, -0.2) is 59.1 Å². The topological polar surface area (TPSA) is 65.8 Å². The third kappa shape index (κ3) is 4.16. The first-order valence-electron chi connectivity index (χ1n) is 8.61. The lowest BCUT2D eigenvalue weighted by Gasteiger charge is -2.42. The standard InChI is InChI=1S/C19H25N3O4/c1-19(2)13-22(18(23)16-10-17(24-4)21(3)20-16)11-15(26-19)12-25-14-8-6-5-7-9-14/h5-10,15H,11-13H2,1-4H3/t15-/m0/s1. The van der Waals surface area contributed by atoms with E-state index in [1.807, 2.05) is 44.2 Å². The van der Waals surface area contributed by atoms with Gasteiger partial charge in [0, 0.05) is 19.7 Å². The molecule has 26 heavy (non-hydrogen) atoms. The highest BCUT2D eigenvalue weighted by Crippen LogP contribution is 2.24. The van der Waals surface area contributed by atoms with E-state index in [9.17, 15) is 4.79 Å². The van der Waals surface area contributed by atoms with Gasteiger partial charge < -0.3 is 19.1 Å². The van der Waals surface area contributed by atoms with Gasteiger partial charge >= 0.3 is 0 Å². The number of morpholine rings is 1. The van der Waals surface area contributed by atoms with Gasteiger partial charge in [-0.25, -0.2) is 4.68 Å². The van der Waals surface area contributed by atoms with Crippen molar-refractivity contribution in [2.45, 2.75) is 25.6 Å². The Morgan fingerprint density at radius 2 is 2.08 bits per heavy atom. The minimum absolute atomic E-state index is 0.134. The molecule has 1 atom stereocenters. The van der Waals surface area contributed by atoms with E-state index in [0.717, 1.165) is 5.75 Å². The molecule has 1 aromatic heterocycles. The van der Waals surface area contributed by atoms with Gasteiger partial charge in [0.1, 0.15) is 18.5 Å². The second-order valence-electron chi connectivity index (χ2n) is 7.00. The Kier molecular flexibility index (Phi) is 5.18. The molecule has 7 nitrogen and oxygen atoms in total. The van der Waals surface area contributed by atoms with Crippen LogP contribution >= 0.6 is 0 Å². The van der Waals surface area contributed by atoms with Crippen LogP contribution in [0.4, 0.5) is 0 Å². The maximum Gasteiger partial charge on any atom is 0.274 e. The smallest absolute Gasteiger partial charge is 0.274 e. The summed E-state index contributed by atoms with van der Waals surface area (Å²) < 4.78 is 18.7. The number of carbonyl (C=O) groups is 1. The molecule has 0 unspecified atom stereocenters. The van der Waals surface area contributed by atoms with Gasteiger partial charge in [-0.3, -0.25) is 4.79 Å². The predicted octanol–water partition coefficient (Wildman–Crippen LogP) is 2.13. The van der Waals surface area contributed by atoms with Crippen LogP contribution in [0.5, 0.6) is 11.6 Å². The fourth-order valence-electron chi connectivity index (χ4n) is 3.15. The second-order valence-corrected chi connectivity index (χ2v) is 7.00. The molecule has 7 heteroatoms. The highest BCUT2D eigenvalue weighted by atomic mass is 16.5. The zero-order valence-corrected chi connectivity index (χ0v) is 15.6. The molecule has 0 N–H and O–H groups in total. The largest absolute Gasteiger partial charge is 0.491 e. The fourth-order valence-corrected chi connectivity index (χ4v) is 3.15. The Labute approximate surface area is 153 Å². The number of aryl methyl sites for hydroxylation is 1. The number of methoxy groups -OCH3 is 1. The van der Waals surface area contributed by atoms with E-state index in [2.05, 4.69) is 5.10 Å². The zero-order valence-electron chi connectivity index (χ0n) is 15.6. The Morgan fingerprint density at radius 1 is 1.35 bits per heavy atom. The Bertz CT molecular complexity index is 757. The fraction of sp³-hybridized carbons (Fsp3) is 0.474. The van der Waals surface area contributed by atoms with Crippen molar-refractivity contribution >= 4 is 5.91 Å². The van der Waals surface area contributed by atoms with Gasteiger partial charge in [-0.1, -0.05) is 18.2 Å². The third-order valence-electron chi connectivity index (χ3n) is 4.21. The predicted molar refractivity (Wildman–Crippen MR) is 96.6 cm³/mol. The van der Waals surface area contributed by atoms with E-state index in [0.29, 0.717) is 31.3 Å². The van der Waals surface area contributed by atoms with Crippen LogP contribution in [0.25, 0.3) is 0 Å². The van der Waals surface area contributed by atoms with Crippen molar-refractivity contribution in [2.75, 3.05) is 26.8 Å². The Hall–Kier alpha value is -2.54. The second kappa shape index (κ2) is 7.37. The molecule has 0 saturated carbocycles. The molecule has 1 aromatic carbocycles. The highest BCUT2D eigenvalue weighted by Gasteiger charge is 2.37. The van der Waals surface area contributed by atoms with E-state index in [1.54, 1.807) is 29.8 Å². The highest BCUT2D eigenvalue weighted by molar-refractivity contribution is 5.92. The summed E-state index contributed by atoms with van der Waals surface area (Å²) in [7, 11) is 3.30. The molecule has 1 fully saturated rings. The molecule has 0 spiro atoms. The molecule has 1 saturated heterocycles. The lowest BCUT2D eigenvalue weighted by Crippen LogP contribution is -2.56. The van der Waals surface area contributed by atoms with Crippen LogP contribution in [0, 0.1) is 0 Å². The number of nitrogens with zero attached hydrogens (tertiary/aromatic N) is 3. The van der Waals surface area contributed by atoms with Gasteiger partial charge in [0.25, 0.3) is 5.91 Å². The van der Waals surface area contributed by atoms with Gasteiger partial charge in [-0.05, 0) is 26.0 Å². The molecule has 140 valence electrons. The van der Waals surface area contributed by atoms with E-state index < -0.39 is 5.60 Å². The molecule has 0 bridgehead atoms. The molecule has 0 radical (unpaired) electrons. The lowest BCUT2D eigenvalue weighted by molar-refractivity contribution is -0.136. The minimum Gasteiger partial charge on any atom is -0.491 e. The summed E-state index contributed by atoms with van der Waals surface area (Å²) in [6, 6.07) is 11.2. The van der Waals surface area contributed by atoms with Gasteiger partial charge in [0.05, 0.1) is 19.3 Å². The van der Waals surface area contributed by atoms with Crippen LogP contribution in [0.15, 0.2) is 36.4 Å². The van der Waals surface area contributed by atoms with Crippen molar-refractivity contribution in [1.29, 1.82) is 0 Å². The molecule has 0 aliphatic carbocycles. The van der Waals surface area contributed by atoms with E-state index in [1.165, 1.54) is 0 Å². The molecule has 2 aromatic rings. The summed E-state index contributed by atoms with van der Waals surface area (Å²) >= 11 is 0. The number of benzene rings is 1. The number of hydrogen-bond donors (Lipinski definition) is 0. The van der Waals surface area contributed by atoms with Gasteiger partial charge in [0.15, 0.2) is 5.69 Å². The maximum absolute atomic E-state index is 12.9. The Morgan fingerprint density at radius 3 is 2.73 bits per heavy atom. The minimum atomic E-state index is -0.461. The van der Waals surface area contributed by atoms with Gasteiger partial charge in [-0.2, -0.15) is 5.10 Å². The van der Waals surface area contributed by atoms with Crippen LogP contribution in [0.2, 0.25) is 0 Å². The molecule has 1 aliphatic rings. The van der Waals surface area contributed by atoms with Crippen LogP contribution in [-0.2, 0) is 11.8 Å². The first-order valence-corrected chi connectivity index (χ1v) is 8.61. The van der Waals surface area contributed by atoms with E-state index in [4.69, 9.17) is 14.2 Å². The summed E-state index contributed by atoms with van der Waals surface area (Å²) in [5.74, 6) is 1.20.